The molecular formula is C20H30. The lowest BCUT2D eigenvalue weighted by atomic mass is 9.72. The van der Waals surface area contributed by atoms with E-state index >= 15 is 0 Å². The molecule has 0 aliphatic heterocycles. The summed E-state index contributed by atoms with van der Waals surface area (Å²) in [5, 5.41) is 0. The summed E-state index contributed by atoms with van der Waals surface area (Å²) in [5.41, 5.74) is 2.73. The van der Waals surface area contributed by atoms with Crippen LogP contribution in [0.3, 0.4) is 0 Å². The van der Waals surface area contributed by atoms with Crippen molar-refractivity contribution in [3.63, 3.8) is 0 Å². The molecule has 1 aromatic carbocycles. The lowest BCUT2D eigenvalue weighted by molar-refractivity contribution is 0.180. The van der Waals surface area contributed by atoms with Gasteiger partial charge in [0.05, 0.1) is 0 Å². The Morgan fingerprint density at radius 3 is 2.70 bits per heavy atom. The minimum Gasteiger partial charge on any atom is -0.0985 e. The molecule has 0 bridgehead atoms. The summed E-state index contributed by atoms with van der Waals surface area (Å²) < 4.78 is 0. The van der Waals surface area contributed by atoms with Gasteiger partial charge in [0, 0.05) is 0 Å². The fourth-order valence-corrected chi connectivity index (χ4v) is 3.44. The predicted octanol–water partition coefficient (Wildman–Crippen LogP) is 6.26. The van der Waals surface area contributed by atoms with Crippen molar-refractivity contribution >= 4 is 6.08 Å². The Labute approximate surface area is 125 Å². The second-order valence-corrected chi connectivity index (χ2v) is 6.43. The van der Waals surface area contributed by atoms with Crippen molar-refractivity contribution < 1.29 is 0 Å². The molecule has 0 nitrogen and oxygen atoms in total. The standard InChI is InChI=1S/C20H30/c1-3-5-12-19(20-14-8-15-20)13-7-11-18-10-6-9-17(4-2)16-18/h4,6,9-10,16,19-20H,2-3,5,7-8,11-15H2,1H3. The quantitative estimate of drug-likeness (QED) is 0.497. The van der Waals surface area contributed by atoms with Crippen LogP contribution < -0.4 is 0 Å². The molecule has 1 atom stereocenters. The van der Waals surface area contributed by atoms with E-state index in [4.69, 9.17) is 0 Å². The Balaban J connectivity index is 1.78. The molecule has 1 saturated carbocycles. The normalized spacial score (nSPS) is 16.6. The van der Waals surface area contributed by atoms with Gasteiger partial charge in [0.25, 0.3) is 0 Å². The van der Waals surface area contributed by atoms with Gasteiger partial charge >= 0.3 is 0 Å². The molecule has 0 heterocycles. The molecule has 20 heavy (non-hydrogen) atoms. The van der Waals surface area contributed by atoms with Crippen LogP contribution >= 0.6 is 0 Å². The zero-order valence-corrected chi connectivity index (χ0v) is 13.1. The monoisotopic (exact) mass is 270 g/mol. The highest BCUT2D eigenvalue weighted by molar-refractivity contribution is 5.47. The Kier molecular flexibility index (Phi) is 6.36. The van der Waals surface area contributed by atoms with Gasteiger partial charge in [-0.15, -0.1) is 0 Å². The van der Waals surface area contributed by atoms with Crippen LogP contribution in [0.25, 0.3) is 6.08 Å². The van der Waals surface area contributed by atoms with E-state index in [0.29, 0.717) is 0 Å². The van der Waals surface area contributed by atoms with Gasteiger partial charge in [-0.05, 0) is 42.2 Å². The highest BCUT2D eigenvalue weighted by Gasteiger charge is 2.26. The van der Waals surface area contributed by atoms with Crippen LogP contribution in [0.4, 0.5) is 0 Å². The van der Waals surface area contributed by atoms with Crippen molar-refractivity contribution in [3.05, 3.63) is 42.0 Å². The number of aryl methyl sites for hydroxylation is 1. The van der Waals surface area contributed by atoms with Crippen LogP contribution in [0.1, 0.15) is 69.4 Å². The molecule has 1 fully saturated rings. The molecule has 1 aromatic rings. The molecule has 1 aliphatic rings. The second kappa shape index (κ2) is 8.29. The Morgan fingerprint density at radius 2 is 2.05 bits per heavy atom. The molecule has 1 aliphatic carbocycles. The van der Waals surface area contributed by atoms with E-state index in [-0.39, 0.29) is 0 Å². The predicted molar refractivity (Wildman–Crippen MR) is 89.8 cm³/mol. The first-order valence-electron chi connectivity index (χ1n) is 8.55. The van der Waals surface area contributed by atoms with Gasteiger partial charge < -0.3 is 0 Å². The zero-order valence-electron chi connectivity index (χ0n) is 13.1. The first kappa shape index (κ1) is 15.4. The van der Waals surface area contributed by atoms with E-state index in [2.05, 4.69) is 37.8 Å². The van der Waals surface area contributed by atoms with Gasteiger partial charge in [-0.1, -0.05) is 82.4 Å². The van der Waals surface area contributed by atoms with E-state index in [1.165, 1.54) is 68.9 Å². The van der Waals surface area contributed by atoms with Crippen LogP contribution in [0.2, 0.25) is 0 Å². The number of unbranched alkanes of at least 4 members (excludes halogenated alkanes) is 1. The zero-order chi connectivity index (χ0) is 14.2. The van der Waals surface area contributed by atoms with Crippen molar-refractivity contribution in [3.8, 4) is 0 Å². The Hall–Kier alpha value is -1.04. The van der Waals surface area contributed by atoms with Crippen molar-refractivity contribution in [2.45, 2.75) is 64.7 Å². The maximum atomic E-state index is 3.86. The summed E-state index contributed by atoms with van der Waals surface area (Å²) in [4.78, 5) is 0. The van der Waals surface area contributed by atoms with Crippen LogP contribution in [0.5, 0.6) is 0 Å². The summed E-state index contributed by atoms with van der Waals surface area (Å²) in [6, 6.07) is 8.84. The number of rotatable bonds is 9. The third-order valence-electron chi connectivity index (χ3n) is 4.97. The number of hydrogen-bond acceptors (Lipinski definition) is 0. The molecule has 0 spiro atoms. The average molecular weight is 270 g/mol. The fraction of sp³-hybridized carbons (Fsp3) is 0.600. The maximum absolute atomic E-state index is 3.86. The topological polar surface area (TPSA) is 0 Å². The minimum atomic E-state index is 1.01. The summed E-state index contributed by atoms with van der Waals surface area (Å²) >= 11 is 0. The van der Waals surface area contributed by atoms with E-state index in [0.717, 1.165) is 11.8 Å². The Morgan fingerprint density at radius 1 is 1.25 bits per heavy atom. The van der Waals surface area contributed by atoms with Gasteiger partial charge in [0.15, 0.2) is 0 Å². The lowest BCUT2D eigenvalue weighted by Gasteiger charge is -2.34. The van der Waals surface area contributed by atoms with E-state index in [9.17, 15) is 0 Å². The third kappa shape index (κ3) is 4.51. The average Bonchev–Trinajstić information content (AvgIpc) is 2.43. The van der Waals surface area contributed by atoms with Crippen molar-refractivity contribution in [2.24, 2.45) is 11.8 Å². The van der Waals surface area contributed by atoms with Crippen LogP contribution in [0, 0.1) is 11.8 Å². The van der Waals surface area contributed by atoms with E-state index in [1.807, 2.05) is 6.08 Å². The third-order valence-corrected chi connectivity index (χ3v) is 4.97. The lowest BCUT2D eigenvalue weighted by Crippen LogP contribution is -2.22. The smallest absolute Gasteiger partial charge is 0.0260 e. The first-order chi connectivity index (χ1) is 9.83. The van der Waals surface area contributed by atoms with Gasteiger partial charge in [0.1, 0.15) is 0 Å². The first-order valence-corrected chi connectivity index (χ1v) is 8.55. The minimum absolute atomic E-state index is 1.01. The summed E-state index contributed by atoms with van der Waals surface area (Å²) in [6.07, 6.45) is 14.7. The number of benzene rings is 1. The van der Waals surface area contributed by atoms with Crippen molar-refractivity contribution in [2.75, 3.05) is 0 Å². The van der Waals surface area contributed by atoms with Crippen molar-refractivity contribution in [1.82, 2.24) is 0 Å². The van der Waals surface area contributed by atoms with Crippen LogP contribution in [0.15, 0.2) is 30.8 Å². The molecule has 0 amide bonds. The van der Waals surface area contributed by atoms with Gasteiger partial charge in [-0.25, -0.2) is 0 Å². The molecule has 2 rings (SSSR count). The largest absolute Gasteiger partial charge is 0.0985 e. The molecule has 110 valence electrons. The van der Waals surface area contributed by atoms with Crippen LogP contribution in [-0.2, 0) is 6.42 Å². The molecule has 0 radical (unpaired) electrons. The molecule has 0 saturated heterocycles. The Bertz CT molecular complexity index is 400. The molecular weight excluding hydrogens is 240 g/mol. The molecule has 1 unspecified atom stereocenters. The molecule has 0 heteroatoms. The molecule has 0 aromatic heterocycles. The summed E-state index contributed by atoms with van der Waals surface area (Å²) in [7, 11) is 0. The fourth-order valence-electron chi connectivity index (χ4n) is 3.44. The summed E-state index contributed by atoms with van der Waals surface area (Å²) in [5.74, 6) is 2.06. The van der Waals surface area contributed by atoms with E-state index < -0.39 is 0 Å². The van der Waals surface area contributed by atoms with E-state index in [1.54, 1.807) is 0 Å². The highest BCUT2D eigenvalue weighted by atomic mass is 14.3. The van der Waals surface area contributed by atoms with Gasteiger partial charge in [-0.2, -0.15) is 0 Å². The van der Waals surface area contributed by atoms with Gasteiger partial charge in [0.2, 0.25) is 0 Å². The summed E-state index contributed by atoms with van der Waals surface area (Å²) in [6.45, 7) is 6.17. The SMILES string of the molecule is C=Cc1cccc(CCCC(CCCC)C2CCC2)c1. The highest BCUT2D eigenvalue weighted by Crippen LogP contribution is 2.38. The van der Waals surface area contributed by atoms with Crippen LogP contribution in [-0.4, -0.2) is 0 Å². The van der Waals surface area contributed by atoms with Gasteiger partial charge in [-0.3, -0.25) is 0 Å². The van der Waals surface area contributed by atoms with Crippen molar-refractivity contribution in [1.29, 1.82) is 0 Å². The second-order valence-electron chi connectivity index (χ2n) is 6.43. The molecule has 0 N–H and O–H groups in total. The maximum Gasteiger partial charge on any atom is -0.0260 e. The number of hydrogen-bond donors (Lipinski definition) is 0.